The number of ether oxygens (including phenoxy) is 1. The Morgan fingerprint density at radius 1 is 1.36 bits per heavy atom. The van der Waals surface area contributed by atoms with Gasteiger partial charge in [0.25, 0.3) is 0 Å². The maximum absolute atomic E-state index is 11.7. The highest BCUT2D eigenvalue weighted by Gasteiger charge is 2.09. The summed E-state index contributed by atoms with van der Waals surface area (Å²) in [6.45, 7) is 0. The minimum atomic E-state index is -0.371. The van der Waals surface area contributed by atoms with Crippen molar-refractivity contribution < 1.29 is 9.15 Å². The van der Waals surface area contributed by atoms with Crippen molar-refractivity contribution in [1.29, 1.82) is 0 Å². The van der Waals surface area contributed by atoms with Crippen molar-refractivity contribution in [2.24, 2.45) is 0 Å². The summed E-state index contributed by atoms with van der Waals surface area (Å²) >= 11 is 3.01. The van der Waals surface area contributed by atoms with E-state index in [1.54, 1.807) is 20.2 Å². The number of benzene rings is 1. The molecule has 3 rings (SSSR count). The average Bonchev–Trinajstić information content (AvgIpc) is 2.99. The van der Waals surface area contributed by atoms with Crippen LogP contribution in [0, 0.1) is 0 Å². The minimum absolute atomic E-state index is 0.371. The van der Waals surface area contributed by atoms with E-state index in [0.717, 1.165) is 20.4 Å². The number of hydrogen-bond donors (Lipinski definition) is 1. The Balaban J connectivity index is 1.90. The zero-order valence-electron chi connectivity index (χ0n) is 12.0. The van der Waals surface area contributed by atoms with Crippen molar-refractivity contribution in [3.8, 4) is 5.75 Å². The van der Waals surface area contributed by atoms with Gasteiger partial charge < -0.3 is 14.5 Å². The molecule has 0 spiro atoms. The molecule has 8 heteroatoms. The van der Waals surface area contributed by atoms with E-state index >= 15 is 0 Å². The van der Waals surface area contributed by atoms with E-state index in [-0.39, 0.29) is 5.63 Å². The summed E-state index contributed by atoms with van der Waals surface area (Å²) < 4.78 is 11.2. The van der Waals surface area contributed by atoms with E-state index in [2.05, 4.69) is 15.5 Å². The summed E-state index contributed by atoms with van der Waals surface area (Å²) in [4.78, 5) is 11.7. The monoisotopic (exact) mass is 335 g/mol. The summed E-state index contributed by atoms with van der Waals surface area (Å²) in [7, 11) is 3.38. The van der Waals surface area contributed by atoms with Gasteiger partial charge in [-0.1, -0.05) is 23.1 Å². The highest BCUT2D eigenvalue weighted by atomic mass is 32.2. The van der Waals surface area contributed by atoms with E-state index in [1.807, 2.05) is 12.1 Å². The topological polar surface area (TPSA) is 77.3 Å². The van der Waals surface area contributed by atoms with E-state index in [0.29, 0.717) is 17.1 Å². The Morgan fingerprint density at radius 2 is 2.23 bits per heavy atom. The van der Waals surface area contributed by atoms with E-state index in [9.17, 15) is 4.79 Å². The van der Waals surface area contributed by atoms with Crippen LogP contribution in [0.2, 0.25) is 0 Å². The molecule has 0 unspecified atom stereocenters. The van der Waals surface area contributed by atoms with Gasteiger partial charge in [0, 0.05) is 30.3 Å². The molecule has 1 aromatic carbocycles. The highest BCUT2D eigenvalue weighted by Crippen LogP contribution is 2.30. The van der Waals surface area contributed by atoms with Crippen molar-refractivity contribution in [3.63, 3.8) is 0 Å². The molecule has 0 radical (unpaired) electrons. The highest BCUT2D eigenvalue weighted by molar-refractivity contribution is 8.00. The van der Waals surface area contributed by atoms with Crippen LogP contribution >= 0.6 is 23.1 Å². The van der Waals surface area contributed by atoms with Crippen LogP contribution in [0.25, 0.3) is 11.0 Å². The number of thioether (sulfide) groups is 1. The summed E-state index contributed by atoms with van der Waals surface area (Å²) in [6, 6.07) is 6.98. The van der Waals surface area contributed by atoms with Gasteiger partial charge in [-0.25, -0.2) is 4.79 Å². The smallest absolute Gasteiger partial charge is 0.336 e. The summed E-state index contributed by atoms with van der Waals surface area (Å²) in [6.07, 6.45) is 0. The van der Waals surface area contributed by atoms with Crippen molar-refractivity contribution in [1.82, 2.24) is 10.2 Å². The second-order valence-corrected chi connectivity index (χ2v) is 6.56. The predicted molar refractivity (Wildman–Crippen MR) is 88.1 cm³/mol. The largest absolute Gasteiger partial charge is 0.497 e. The maximum Gasteiger partial charge on any atom is 0.336 e. The molecule has 0 bridgehead atoms. The van der Waals surface area contributed by atoms with E-state index in [1.165, 1.54) is 29.2 Å². The molecule has 2 heterocycles. The van der Waals surface area contributed by atoms with Gasteiger partial charge in [0.2, 0.25) is 5.13 Å². The average molecular weight is 335 g/mol. The zero-order valence-corrected chi connectivity index (χ0v) is 13.6. The lowest BCUT2D eigenvalue weighted by Crippen LogP contribution is -2.00. The first-order chi connectivity index (χ1) is 10.7. The molecule has 0 aliphatic rings. The Bertz CT molecular complexity index is 860. The van der Waals surface area contributed by atoms with Crippen LogP contribution in [0.15, 0.2) is 37.8 Å². The Kier molecular flexibility index (Phi) is 4.30. The second kappa shape index (κ2) is 6.37. The van der Waals surface area contributed by atoms with Crippen molar-refractivity contribution >= 4 is 39.2 Å². The zero-order chi connectivity index (χ0) is 15.5. The molecule has 22 heavy (non-hydrogen) atoms. The fraction of sp³-hybridized carbons (Fsp3) is 0.214. The molecule has 0 saturated heterocycles. The van der Waals surface area contributed by atoms with Gasteiger partial charge in [0.05, 0.1) is 7.11 Å². The Labute approximate surface area is 134 Å². The quantitative estimate of drug-likeness (QED) is 0.567. The first kappa shape index (κ1) is 14.9. The number of anilines is 1. The molecule has 0 atom stereocenters. The fourth-order valence-electron chi connectivity index (χ4n) is 1.97. The summed E-state index contributed by atoms with van der Waals surface area (Å²) in [5.41, 5.74) is 1.06. The molecular weight excluding hydrogens is 322 g/mol. The van der Waals surface area contributed by atoms with Crippen LogP contribution < -0.4 is 15.7 Å². The van der Waals surface area contributed by atoms with Crippen LogP contribution in [-0.2, 0) is 5.75 Å². The number of methoxy groups -OCH3 is 1. The lowest BCUT2D eigenvalue weighted by Gasteiger charge is -2.05. The fourth-order valence-corrected chi connectivity index (χ4v) is 3.66. The number of rotatable bonds is 5. The molecule has 0 saturated carbocycles. The first-order valence-electron chi connectivity index (χ1n) is 6.44. The lowest BCUT2D eigenvalue weighted by atomic mass is 10.1. The molecule has 2 aromatic heterocycles. The number of nitrogens with zero attached hydrogens (tertiary/aromatic N) is 2. The third-order valence-electron chi connectivity index (χ3n) is 3.01. The van der Waals surface area contributed by atoms with Crippen LogP contribution in [0.3, 0.4) is 0 Å². The number of hydrogen-bond acceptors (Lipinski definition) is 8. The molecule has 0 aliphatic heterocycles. The van der Waals surface area contributed by atoms with E-state index in [4.69, 9.17) is 9.15 Å². The van der Waals surface area contributed by atoms with Gasteiger partial charge >= 0.3 is 5.63 Å². The number of fused-ring (bicyclic) bond motifs is 1. The molecule has 0 amide bonds. The summed E-state index contributed by atoms with van der Waals surface area (Å²) in [5.74, 6) is 1.27. The third kappa shape index (κ3) is 3.07. The SMILES string of the molecule is CNc1nnc(SCc2cc(=O)oc3cc(OC)ccc23)s1. The molecular formula is C14H13N3O3S2. The second-order valence-electron chi connectivity index (χ2n) is 4.36. The van der Waals surface area contributed by atoms with Gasteiger partial charge in [-0.05, 0) is 17.7 Å². The van der Waals surface area contributed by atoms with Gasteiger partial charge in [-0.2, -0.15) is 0 Å². The molecule has 0 fully saturated rings. The predicted octanol–water partition coefficient (Wildman–Crippen LogP) is 2.99. The van der Waals surface area contributed by atoms with Crippen LogP contribution in [0.1, 0.15) is 5.56 Å². The Hall–Kier alpha value is -2.06. The lowest BCUT2D eigenvalue weighted by molar-refractivity contribution is 0.414. The van der Waals surface area contributed by atoms with Crippen LogP contribution in [0.4, 0.5) is 5.13 Å². The van der Waals surface area contributed by atoms with Crippen LogP contribution in [-0.4, -0.2) is 24.4 Å². The molecule has 6 nitrogen and oxygen atoms in total. The van der Waals surface area contributed by atoms with Gasteiger partial charge in [-0.15, -0.1) is 10.2 Å². The van der Waals surface area contributed by atoms with E-state index < -0.39 is 0 Å². The summed E-state index contributed by atoms with van der Waals surface area (Å²) in [5, 5.41) is 12.7. The normalized spacial score (nSPS) is 10.8. The Morgan fingerprint density at radius 3 is 2.95 bits per heavy atom. The van der Waals surface area contributed by atoms with Crippen LogP contribution in [0.5, 0.6) is 5.75 Å². The molecule has 0 aliphatic carbocycles. The van der Waals surface area contributed by atoms with Gasteiger partial charge in [-0.3, -0.25) is 0 Å². The van der Waals surface area contributed by atoms with Gasteiger partial charge in [0.15, 0.2) is 4.34 Å². The van der Waals surface area contributed by atoms with Crippen molar-refractivity contribution in [2.45, 2.75) is 10.1 Å². The third-order valence-corrected chi connectivity index (χ3v) is 5.13. The number of nitrogens with one attached hydrogen (secondary N) is 1. The maximum atomic E-state index is 11.7. The first-order valence-corrected chi connectivity index (χ1v) is 8.24. The molecule has 114 valence electrons. The molecule has 3 aromatic rings. The van der Waals surface area contributed by atoms with Crippen molar-refractivity contribution in [2.75, 3.05) is 19.5 Å². The van der Waals surface area contributed by atoms with Gasteiger partial charge in [0.1, 0.15) is 11.3 Å². The minimum Gasteiger partial charge on any atom is -0.497 e. The number of aromatic nitrogens is 2. The van der Waals surface area contributed by atoms with Crippen molar-refractivity contribution in [3.05, 3.63) is 40.2 Å². The standard InChI is InChI=1S/C14H13N3O3S2/c1-15-13-16-17-14(22-13)21-7-8-5-12(18)20-11-6-9(19-2)3-4-10(8)11/h3-6H,7H2,1-2H3,(H,15,16). The molecule has 1 N–H and O–H groups in total.